The SMILES string of the molecule is CN(C)S(=O)(=O)NCC1CC(n2cc(-c3cccc(OCc4ccccc4)c3)c3c(N)ncnc32)C1. The second kappa shape index (κ2) is 9.88. The first-order valence-corrected chi connectivity index (χ1v) is 13.3. The van der Waals surface area contributed by atoms with Gasteiger partial charge < -0.3 is 15.0 Å². The number of benzene rings is 2. The van der Waals surface area contributed by atoms with Gasteiger partial charge in [-0.05, 0) is 42.0 Å². The van der Waals surface area contributed by atoms with Crippen molar-refractivity contribution in [1.82, 2.24) is 23.6 Å². The summed E-state index contributed by atoms with van der Waals surface area (Å²) < 4.78 is 36.1. The molecule has 3 N–H and O–H groups in total. The van der Waals surface area contributed by atoms with E-state index in [9.17, 15) is 8.42 Å². The van der Waals surface area contributed by atoms with Crippen LogP contribution in [0.5, 0.6) is 5.75 Å². The molecule has 0 aliphatic heterocycles. The van der Waals surface area contributed by atoms with Crippen molar-refractivity contribution in [2.24, 2.45) is 5.92 Å². The number of nitrogen functional groups attached to an aromatic ring is 1. The van der Waals surface area contributed by atoms with Crippen LogP contribution in [-0.4, -0.2) is 47.9 Å². The van der Waals surface area contributed by atoms with Crippen molar-refractivity contribution in [3.63, 3.8) is 0 Å². The monoisotopic (exact) mass is 506 g/mol. The largest absolute Gasteiger partial charge is 0.489 e. The molecular weight excluding hydrogens is 476 g/mol. The van der Waals surface area contributed by atoms with Crippen molar-refractivity contribution < 1.29 is 13.2 Å². The van der Waals surface area contributed by atoms with Gasteiger partial charge in [-0.25, -0.2) is 14.7 Å². The van der Waals surface area contributed by atoms with Crippen LogP contribution >= 0.6 is 0 Å². The van der Waals surface area contributed by atoms with Crippen molar-refractivity contribution in [3.8, 4) is 16.9 Å². The van der Waals surface area contributed by atoms with E-state index in [2.05, 4.69) is 25.5 Å². The molecule has 36 heavy (non-hydrogen) atoms. The quantitative estimate of drug-likeness (QED) is 0.358. The molecule has 0 bridgehead atoms. The van der Waals surface area contributed by atoms with Gasteiger partial charge in [-0.2, -0.15) is 12.7 Å². The lowest BCUT2D eigenvalue weighted by molar-refractivity contribution is 0.203. The van der Waals surface area contributed by atoms with E-state index in [1.807, 2.05) is 54.6 Å². The van der Waals surface area contributed by atoms with Crippen LogP contribution in [0.3, 0.4) is 0 Å². The van der Waals surface area contributed by atoms with Gasteiger partial charge in [0.1, 0.15) is 30.1 Å². The summed E-state index contributed by atoms with van der Waals surface area (Å²) in [5.41, 5.74) is 10.1. The number of ether oxygens (including phenoxy) is 1. The van der Waals surface area contributed by atoms with Crippen LogP contribution in [0.2, 0.25) is 0 Å². The first-order valence-electron chi connectivity index (χ1n) is 11.9. The average molecular weight is 507 g/mol. The molecule has 188 valence electrons. The van der Waals surface area contributed by atoms with Crippen molar-refractivity contribution in [2.45, 2.75) is 25.5 Å². The van der Waals surface area contributed by atoms with Crippen LogP contribution in [0.1, 0.15) is 24.4 Å². The molecule has 2 heterocycles. The smallest absolute Gasteiger partial charge is 0.278 e. The maximum absolute atomic E-state index is 12.0. The Kier molecular flexibility index (Phi) is 6.65. The summed E-state index contributed by atoms with van der Waals surface area (Å²) in [6.07, 6.45) is 5.27. The molecule has 0 atom stereocenters. The molecule has 1 aliphatic rings. The highest BCUT2D eigenvalue weighted by atomic mass is 32.2. The zero-order chi connectivity index (χ0) is 25.3. The second-order valence-corrected chi connectivity index (χ2v) is 11.3. The van der Waals surface area contributed by atoms with Crippen molar-refractivity contribution in [3.05, 3.63) is 72.7 Å². The van der Waals surface area contributed by atoms with Crippen LogP contribution in [0, 0.1) is 5.92 Å². The van der Waals surface area contributed by atoms with E-state index in [0.29, 0.717) is 19.0 Å². The maximum Gasteiger partial charge on any atom is 0.278 e. The highest BCUT2D eigenvalue weighted by Gasteiger charge is 2.33. The fraction of sp³-hybridized carbons (Fsp3) is 0.308. The number of anilines is 1. The van der Waals surface area contributed by atoms with Gasteiger partial charge in [0.15, 0.2) is 0 Å². The van der Waals surface area contributed by atoms with Gasteiger partial charge in [-0.1, -0.05) is 42.5 Å². The van der Waals surface area contributed by atoms with Gasteiger partial charge in [0.25, 0.3) is 10.2 Å². The molecule has 0 radical (unpaired) electrons. The zero-order valence-electron chi connectivity index (χ0n) is 20.3. The van der Waals surface area contributed by atoms with E-state index < -0.39 is 10.2 Å². The number of fused-ring (bicyclic) bond motifs is 1. The van der Waals surface area contributed by atoms with Gasteiger partial charge in [0.05, 0.1) is 5.39 Å². The summed E-state index contributed by atoms with van der Waals surface area (Å²) in [6.45, 7) is 0.902. The maximum atomic E-state index is 12.0. The number of nitrogens with one attached hydrogen (secondary N) is 1. The topological polar surface area (TPSA) is 115 Å². The van der Waals surface area contributed by atoms with Crippen LogP contribution in [0.15, 0.2) is 67.1 Å². The highest BCUT2D eigenvalue weighted by Crippen LogP contribution is 2.43. The van der Waals surface area contributed by atoms with E-state index >= 15 is 0 Å². The number of hydrogen-bond donors (Lipinski definition) is 2. The predicted octanol–water partition coefficient (Wildman–Crippen LogP) is 3.61. The standard InChI is InChI=1S/C26H30N6O3S/c1-31(2)36(33,34)30-14-19-11-21(12-19)32-15-23(24-25(27)28-17-29-26(24)32)20-9-6-10-22(13-20)35-16-18-7-4-3-5-8-18/h3-10,13,15,17,19,21,30H,11-12,14,16H2,1-2H3,(H2,27,28,29). The lowest BCUT2D eigenvalue weighted by Gasteiger charge is -2.36. The molecule has 1 saturated carbocycles. The van der Waals surface area contributed by atoms with Crippen LogP contribution in [0.25, 0.3) is 22.2 Å². The molecule has 1 aliphatic carbocycles. The lowest BCUT2D eigenvalue weighted by Crippen LogP contribution is -2.41. The molecule has 1 fully saturated rings. The minimum absolute atomic E-state index is 0.210. The fourth-order valence-electron chi connectivity index (χ4n) is 4.55. The minimum Gasteiger partial charge on any atom is -0.489 e. The Bertz CT molecular complexity index is 1460. The average Bonchev–Trinajstić information content (AvgIpc) is 3.23. The van der Waals surface area contributed by atoms with Crippen LogP contribution < -0.4 is 15.2 Å². The summed E-state index contributed by atoms with van der Waals surface area (Å²) in [5.74, 6) is 1.46. The molecule has 0 unspecified atom stereocenters. The Morgan fingerprint density at radius 1 is 1.11 bits per heavy atom. The van der Waals surface area contributed by atoms with Gasteiger partial charge >= 0.3 is 0 Å². The van der Waals surface area contributed by atoms with E-state index in [1.54, 1.807) is 0 Å². The van der Waals surface area contributed by atoms with E-state index in [4.69, 9.17) is 10.5 Å². The van der Waals surface area contributed by atoms with Gasteiger partial charge in [0, 0.05) is 38.4 Å². The first kappa shape index (κ1) is 24.2. The summed E-state index contributed by atoms with van der Waals surface area (Å²) in [7, 11) is -0.385. The number of hydrogen-bond acceptors (Lipinski definition) is 6. The third kappa shape index (κ3) is 4.92. The van der Waals surface area contributed by atoms with Crippen LogP contribution in [0.4, 0.5) is 5.82 Å². The summed E-state index contributed by atoms with van der Waals surface area (Å²) in [6, 6.07) is 18.2. The molecule has 10 heteroatoms. The number of nitrogens with two attached hydrogens (primary N) is 1. The predicted molar refractivity (Wildman–Crippen MR) is 141 cm³/mol. The Labute approximate surface area is 211 Å². The molecule has 2 aromatic heterocycles. The summed E-state index contributed by atoms with van der Waals surface area (Å²) >= 11 is 0. The van der Waals surface area contributed by atoms with Gasteiger partial charge in [-0.15, -0.1) is 0 Å². The van der Waals surface area contributed by atoms with Crippen molar-refractivity contribution >= 4 is 27.1 Å². The highest BCUT2D eigenvalue weighted by molar-refractivity contribution is 7.87. The molecular formula is C26H30N6O3S. The normalized spacial score (nSPS) is 17.9. The van der Waals surface area contributed by atoms with E-state index in [1.165, 1.54) is 24.7 Å². The molecule has 4 aromatic rings. The Morgan fingerprint density at radius 2 is 1.89 bits per heavy atom. The second-order valence-electron chi connectivity index (χ2n) is 9.34. The molecule has 2 aromatic carbocycles. The molecule has 5 rings (SSSR count). The van der Waals surface area contributed by atoms with Gasteiger partial charge in [-0.3, -0.25) is 0 Å². The van der Waals surface area contributed by atoms with Crippen molar-refractivity contribution in [2.75, 3.05) is 26.4 Å². The summed E-state index contributed by atoms with van der Waals surface area (Å²) in [5, 5.41) is 0.814. The number of rotatable bonds is 9. The van der Waals surface area contributed by atoms with Crippen molar-refractivity contribution in [1.29, 1.82) is 0 Å². The van der Waals surface area contributed by atoms with E-state index in [-0.39, 0.29) is 12.0 Å². The Morgan fingerprint density at radius 3 is 2.64 bits per heavy atom. The minimum atomic E-state index is -3.42. The Hall–Kier alpha value is -3.47. The zero-order valence-corrected chi connectivity index (χ0v) is 21.1. The van der Waals surface area contributed by atoms with Crippen LogP contribution in [-0.2, 0) is 16.8 Å². The summed E-state index contributed by atoms with van der Waals surface area (Å²) in [4.78, 5) is 8.78. The lowest BCUT2D eigenvalue weighted by atomic mass is 9.80. The first-order chi connectivity index (χ1) is 17.3. The molecule has 0 spiro atoms. The molecule has 0 amide bonds. The van der Waals surface area contributed by atoms with E-state index in [0.717, 1.165) is 46.3 Å². The number of aromatic nitrogens is 3. The Balaban J connectivity index is 1.37. The third-order valence-electron chi connectivity index (χ3n) is 6.67. The van der Waals surface area contributed by atoms with Gasteiger partial charge in [0.2, 0.25) is 0 Å². The number of nitrogens with zero attached hydrogens (tertiary/aromatic N) is 4. The third-order valence-corrected chi connectivity index (χ3v) is 8.16. The molecule has 9 nitrogen and oxygen atoms in total. The molecule has 0 saturated heterocycles. The fourth-order valence-corrected chi connectivity index (χ4v) is 5.25.